The zero-order chi connectivity index (χ0) is 32.7. The van der Waals surface area contributed by atoms with Crippen LogP contribution in [0, 0.1) is 5.92 Å². The van der Waals surface area contributed by atoms with Gasteiger partial charge < -0.3 is 41.5 Å². The number of carbonyl (C=O) groups excluding carboxylic acids is 1. The Kier molecular flexibility index (Phi) is 13.7. The molecule has 0 amide bonds. The highest BCUT2D eigenvalue weighted by Gasteiger charge is 2.26. The second-order valence-corrected chi connectivity index (χ2v) is 12.2. The Balaban J connectivity index is 1.51. The largest absolute Gasteiger partial charge is 0.478 e. The van der Waals surface area contributed by atoms with Crippen molar-refractivity contribution in [1.29, 1.82) is 0 Å². The van der Waals surface area contributed by atoms with E-state index in [1.807, 2.05) is 24.3 Å². The molecule has 0 fully saturated rings. The number of aliphatic carboxylic acids is 1. The molecule has 46 heavy (non-hydrogen) atoms. The smallest absolute Gasteiger partial charge is 0.328 e. The van der Waals surface area contributed by atoms with Crippen LogP contribution in [0.1, 0.15) is 75.7 Å². The SMILES string of the molecule is NC1=NCC[C@H](/C(=C\C(=O)O)[C@H](CC[C@H](CCC[C@H](O)CC[C@H](C=O)CCCO)c2ccc3ccccc3c2)[N-]c2ccc[nH]2)N1. The van der Waals surface area contributed by atoms with Crippen LogP contribution >= 0.6 is 0 Å². The van der Waals surface area contributed by atoms with Crippen molar-refractivity contribution in [3.63, 3.8) is 0 Å². The molecule has 4 rings (SSSR count). The van der Waals surface area contributed by atoms with Crippen molar-refractivity contribution in [1.82, 2.24) is 10.3 Å². The first-order valence-electron chi connectivity index (χ1n) is 16.4. The van der Waals surface area contributed by atoms with Gasteiger partial charge in [0, 0.05) is 25.1 Å². The number of rotatable bonds is 20. The topological polar surface area (TPSA) is 175 Å². The lowest BCUT2D eigenvalue weighted by Crippen LogP contribution is -2.46. The number of aldehydes is 1. The quantitative estimate of drug-likeness (QED) is 0.0686. The number of aliphatic hydroxyl groups is 2. The Morgan fingerprint density at radius 3 is 2.54 bits per heavy atom. The van der Waals surface area contributed by atoms with Crippen LogP contribution in [0.5, 0.6) is 0 Å². The third-order valence-electron chi connectivity index (χ3n) is 8.90. The predicted octanol–water partition coefficient (Wildman–Crippen LogP) is 5.69. The van der Waals surface area contributed by atoms with Crippen LogP contribution in [-0.2, 0) is 9.59 Å². The third kappa shape index (κ3) is 10.7. The molecule has 248 valence electrons. The van der Waals surface area contributed by atoms with Crippen LogP contribution in [0.4, 0.5) is 5.82 Å². The summed E-state index contributed by atoms with van der Waals surface area (Å²) in [4.78, 5) is 30.8. The summed E-state index contributed by atoms with van der Waals surface area (Å²) < 4.78 is 0. The van der Waals surface area contributed by atoms with Gasteiger partial charge in [0.2, 0.25) is 0 Å². The molecule has 10 heteroatoms. The summed E-state index contributed by atoms with van der Waals surface area (Å²) in [6, 6.07) is 17.8. The molecule has 5 atom stereocenters. The van der Waals surface area contributed by atoms with E-state index < -0.39 is 18.1 Å². The highest BCUT2D eigenvalue weighted by atomic mass is 16.4. The number of nitrogens with two attached hydrogens (primary N) is 1. The molecule has 0 saturated carbocycles. The van der Waals surface area contributed by atoms with Gasteiger partial charge in [-0.3, -0.25) is 4.99 Å². The van der Waals surface area contributed by atoms with E-state index in [2.05, 4.69) is 45.6 Å². The van der Waals surface area contributed by atoms with Gasteiger partial charge in [0.05, 0.1) is 12.1 Å². The third-order valence-corrected chi connectivity index (χ3v) is 8.90. The number of H-pyrrole nitrogens is 1. The molecule has 0 bridgehead atoms. The zero-order valence-corrected chi connectivity index (χ0v) is 26.4. The summed E-state index contributed by atoms with van der Waals surface area (Å²) in [5, 5.41) is 40.2. The molecule has 0 radical (unpaired) electrons. The number of hydrogen-bond acceptors (Lipinski definition) is 7. The monoisotopic (exact) mass is 630 g/mol. The Morgan fingerprint density at radius 1 is 1.00 bits per heavy atom. The molecule has 2 heterocycles. The van der Waals surface area contributed by atoms with Crippen molar-refractivity contribution in [3.8, 4) is 0 Å². The van der Waals surface area contributed by atoms with E-state index in [-0.39, 0.29) is 24.5 Å². The van der Waals surface area contributed by atoms with Gasteiger partial charge in [-0.05, 0) is 91.7 Å². The standard InChI is InChI=1S/C36H48N5O5/c37-36-39-20-18-33(41-36)31(23-35(45)46)32(40-34-11-4-19-38-34)17-15-27(29-14-13-26-7-1-2-8-28(26)22-29)9-3-10-30(44)16-12-25(24-43)6-5-21-42/h1-2,4,7-8,11,13-14,19,22-25,27,30,32-33,38,42,44H,3,5-6,9-10,12,15-18,20-21H2,(H,45,46)(H3,37,39,41)/q-1/b31-23-/t25-,27+,30+,32+,33-/m1/s1. The minimum atomic E-state index is -1.03. The van der Waals surface area contributed by atoms with Crippen molar-refractivity contribution in [3.05, 3.63) is 83.3 Å². The maximum atomic E-state index is 12.0. The summed E-state index contributed by atoms with van der Waals surface area (Å²) in [5.74, 6) is -0.0375. The molecule has 3 aromatic rings. The van der Waals surface area contributed by atoms with E-state index in [1.54, 1.807) is 6.20 Å². The van der Waals surface area contributed by atoms with Gasteiger partial charge >= 0.3 is 5.97 Å². The van der Waals surface area contributed by atoms with Gasteiger partial charge in [-0.15, -0.1) is 0 Å². The number of aliphatic hydroxyl groups excluding tert-OH is 2. The number of nitrogens with one attached hydrogen (secondary N) is 2. The van der Waals surface area contributed by atoms with Crippen molar-refractivity contribution in [2.45, 2.75) is 88.3 Å². The molecular formula is C36H48N5O5-. The number of carbonyl (C=O) groups is 2. The molecule has 0 aliphatic carbocycles. The summed E-state index contributed by atoms with van der Waals surface area (Å²) in [6.07, 6.45) is 10.1. The Labute approximate surface area is 271 Å². The molecule has 1 aliphatic rings. The van der Waals surface area contributed by atoms with Crippen molar-refractivity contribution in [2.24, 2.45) is 16.6 Å². The summed E-state index contributed by atoms with van der Waals surface area (Å²) in [6.45, 7) is 0.571. The first-order chi connectivity index (χ1) is 22.4. The molecule has 2 aromatic carbocycles. The lowest BCUT2D eigenvalue weighted by atomic mass is 9.84. The fourth-order valence-corrected chi connectivity index (χ4v) is 6.39. The van der Waals surface area contributed by atoms with Gasteiger partial charge in [-0.2, -0.15) is 0 Å². The van der Waals surface area contributed by atoms with E-state index in [0.717, 1.165) is 30.9 Å². The highest BCUT2D eigenvalue weighted by molar-refractivity contribution is 5.84. The number of carboxylic acid groups (broad SMARTS) is 1. The maximum absolute atomic E-state index is 12.0. The number of guanidine groups is 1. The van der Waals surface area contributed by atoms with Crippen LogP contribution in [-0.4, -0.2) is 69.9 Å². The molecule has 0 spiro atoms. The number of aromatic nitrogens is 1. The zero-order valence-electron chi connectivity index (χ0n) is 26.4. The van der Waals surface area contributed by atoms with Gasteiger partial charge in [0.25, 0.3) is 0 Å². The average molecular weight is 631 g/mol. The minimum absolute atomic E-state index is 0.0647. The van der Waals surface area contributed by atoms with Gasteiger partial charge in [0.1, 0.15) is 6.29 Å². The normalized spacial score (nSPS) is 17.8. The lowest BCUT2D eigenvalue weighted by Gasteiger charge is -2.35. The second-order valence-electron chi connectivity index (χ2n) is 12.2. The van der Waals surface area contributed by atoms with Crippen LogP contribution in [0.25, 0.3) is 16.1 Å². The number of fused-ring (bicyclic) bond motifs is 1. The average Bonchev–Trinajstić information content (AvgIpc) is 3.57. The molecule has 7 N–H and O–H groups in total. The van der Waals surface area contributed by atoms with E-state index in [0.29, 0.717) is 68.8 Å². The van der Waals surface area contributed by atoms with Gasteiger partial charge in [-0.1, -0.05) is 73.0 Å². The van der Waals surface area contributed by atoms with Crippen molar-refractivity contribution in [2.75, 3.05) is 13.2 Å². The van der Waals surface area contributed by atoms with E-state index in [9.17, 15) is 19.8 Å². The molecule has 10 nitrogen and oxygen atoms in total. The number of benzene rings is 2. The Morgan fingerprint density at radius 2 is 1.83 bits per heavy atom. The lowest BCUT2D eigenvalue weighted by molar-refractivity contribution is -0.131. The van der Waals surface area contributed by atoms with Crippen LogP contribution < -0.4 is 11.1 Å². The van der Waals surface area contributed by atoms with Gasteiger partial charge in [-0.25, -0.2) is 4.79 Å². The number of aromatic amines is 1. The number of hydrogen-bond donors (Lipinski definition) is 6. The van der Waals surface area contributed by atoms with Crippen LogP contribution in [0.15, 0.2) is 77.4 Å². The molecule has 1 aliphatic heterocycles. The van der Waals surface area contributed by atoms with E-state index in [1.165, 1.54) is 17.0 Å². The first kappa shape index (κ1) is 34.7. The molecule has 1 aromatic heterocycles. The van der Waals surface area contributed by atoms with E-state index >= 15 is 0 Å². The highest BCUT2D eigenvalue weighted by Crippen LogP contribution is 2.36. The fraction of sp³-hybridized carbons (Fsp3) is 0.472. The number of carboxylic acids is 1. The van der Waals surface area contributed by atoms with Crippen LogP contribution in [0.2, 0.25) is 0 Å². The number of aliphatic imine (C=N–C) groups is 1. The number of nitrogens with zero attached hydrogens (tertiary/aromatic N) is 2. The van der Waals surface area contributed by atoms with E-state index in [4.69, 9.17) is 16.2 Å². The van der Waals surface area contributed by atoms with Crippen molar-refractivity contribution < 1.29 is 24.9 Å². The summed E-state index contributed by atoms with van der Waals surface area (Å²) >= 11 is 0. The summed E-state index contributed by atoms with van der Waals surface area (Å²) in [5.41, 5.74) is 7.87. The maximum Gasteiger partial charge on any atom is 0.328 e. The fourth-order valence-electron chi connectivity index (χ4n) is 6.39. The van der Waals surface area contributed by atoms with Crippen molar-refractivity contribution >= 4 is 34.8 Å². The summed E-state index contributed by atoms with van der Waals surface area (Å²) in [7, 11) is 0. The minimum Gasteiger partial charge on any atom is -0.478 e. The van der Waals surface area contributed by atoms with Crippen LogP contribution in [0.3, 0.4) is 0 Å². The van der Waals surface area contributed by atoms with Gasteiger partial charge in [0.15, 0.2) is 5.96 Å². The Bertz CT molecular complexity index is 1440. The molecule has 0 saturated heterocycles. The Hall–Kier alpha value is -4.15. The molecular weight excluding hydrogens is 582 g/mol. The first-order valence-corrected chi connectivity index (χ1v) is 16.4. The predicted molar refractivity (Wildman–Crippen MR) is 182 cm³/mol. The second kappa shape index (κ2) is 18.1. The molecule has 0 unspecified atom stereocenters.